The highest BCUT2D eigenvalue weighted by atomic mass is 19.4. The van der Waals surface area contributed by atoms with Crippen molar-refractivity contribution in [1.82, 2.24) is 5.32 Å². The molecule has 0 saturated carbocycles. The second-order valence-electron chi connectivity index (χ2n) is 4.89. The van der Waals surface area contributed by atoms with Crippen molar-refractivity contribution < 1.29 is 23.1 Å². The number of carbonyl (C=O) groups is 1. The minimum absolute atomic E-state index is 0.0132. The molecule has 1 unspecified atom stereocenters. The van der Waals surface area contributed by atoms with Gasteiger partial charge in [0.2, 0.25) is 5.91 Å². The Morgan fingerprint density at radius 2 is 1.71 bits per heavy atom. The van der Waals surface area contributed by atoms with Crippen molar-refractivity contribution in [1.29, 1.82) is 0 Å². The van der Waals surface area contributed by atoms with Crippen molar-refractivity contribution >= 4 is 5.91 Å². The molecular weight excluding hydrogens is 283 g/mol. The molecule has 1 rings (SSSR count). The highest BCUT2D eigenvalue weighted by Gasteiger charge is 2.30. The smallest absolute Gasteiger partial charge is 0.387 e. The lowest BCUT2D eigenvalue weighted by Gasteiger charge is -2.16. The highest BCUT2D eigenvalue weighted by Crippen LogP contribution is 2.29. The molecule has 3 nitrogen and oxygen atoms in total. The van der Waals surface area contributed by atoms with Gasteiger partial charge in [0, 0.05) is 12.5 Å². The van der Waals surface area contributed by atoms with E-state index in [0.29, 0.717) is 18.4 Å². The van der Waals surface area contributed by atoms with Crippen molar-refractivity contribution in [2.24, 2.45) is 5.92 Å². The van der Waals surface area contributed by atoms with Crippen molar-refractivity contribution in [2.45, 2.75) is 39.0 Å². The van der Waals surface area contributed by atoms with Crippen LogP contribution in [0.1, 0.15) is 43.9 Å². The molecule has 1 amide bonds. The van der Waals surface area contributed by atoms with Crippen LogP contribution in [0.15, 0.2) is 24.3 Å². The van der Waals surface area contributed by atoms with Gasteiger partial charge in [-0.05, 0) is 30.5 Å². The van der Waals surface area contributed by atoms with E-state index in [2.05, 4.69) is 5.32 Å². The molecule has 0 fully saturated rings. The number of benzene rings is 1. The molecule has 0 spiro atoms. The van der Waals surface area contributed by atoms with Crippen molar-refractivity contribution in [2.75, 3.05) is 6.54 Å². The van der Waals surface area contributed by atoms with E-state index in [1.807, 2.05) is 13.8 Å². The molecule has 0 saturated heterocycles. The minimum Gasteiger partial charge on any atom is -0.387 e. The number of nitrogens with one attached hydrogen (secondary N) is 1. The van der Waals surface area contributed by atoms with Gasteiger partial charge in [-0.15, -0.1) is 0 Å². The number of aliphatic hydroxyl groups excluding tert-OH is 1. The van der Waals surface area contributed by atoms with Crippen molar-refractivity contribution in [3.05, 3.63) is 35.4 Å². The molecule has 1 atom stereocenters. The monoisotopic (exact) mass is 303 g/mol. The highest BCUT2D eigenvalue weighted by molar-refractivity contribution is 5.78. The minimum atomic E-state index is -4.40. The Labute approximate surface area is 122 Å². The van der Waals surface area contributed by atoms with E-state index in [0.717, 1.165) is 12.1 Å². The molecule has 118 valence electrons. The Morgan fingerprint density at radius 1 is 1.19 bits per heavy atom. The quantitative estimate of drug-likeness (QED) is 0.847. The van der Waals surface area contributed by atoms with E-state index in [4.69, 9.17) is 0 Å². The number of hydrogen-bond acceptors (Lipinski definition) is 2. The first kappa shape index (κ1) is 17.5. The molecule has 0 heterocycles. The number of aliphatic hydroxyl groups is 1. The number of hydrogen-bond donors (Lipinski definition) is 2. The van der Waals surface area contributed by atoms with Gasteiger partial charge >= 0.3 is 6.18 Å². The number of rotatable bonds is 6. The van der Waals surface area contributed by atoms with Crippen LogP contribution in [0.3, 0.4) is 0 Å². The van der Waals surface area contributed by atoms with Crippen LogP contribution in [0.2, 0.25) is 0 Å². The number of halogens is 3. The Bertz CT molecular complexity index is 453. The van der Waals surface area contributed by atoms with Crippen LogP contribution in [0.4, 0.5) is 13.2 Å². The van der Waals surface area contributed by atoms with Gasteiger partial charge in [-0.1, -0.05) is 26.0 Å². The average molecular weight is 303 g/mol. The van der Waals surface area contributed by atoms with Crippen LogP contribution in [0.25, 0.3) is 0 Å². The van der Waals surface area contributed by atoms with Gasteiger partial charge in [-0.2, -0.15) is 13.2 Å². The topological polar surface area (TPSA) is 49.3 Å². The third-order valence-corrected chi connectivity index (χ3v) is 3.45. The molecule has 2 N–H and O–H groups in total. The summed E-state index contributed by atoms with van der Waals surface area (Å²) in [4.78, 5) is 11.8. The Morgan fingerprint density at radius 3 is 2.14 bits per heavy atom. The van der Waals surface area contributed by atoms with Crippen LogP contribution >= 0.6 is 0 Å². The van der Waals surface area contributed by atoms with Crippen LogP contribution in [-0.2, 0) is 11.0 Å². The van der Waals surface area contributed by atoms with Gasteiger partial charge < -0.3 is 10.4 Å². The number of amides is 1. The van der Waals surface area contributed by atoms with Gasteiger partial charge in [-0.3, -0.25) is 4.79 Å². The third-order valence-electron chi connectivity index (χ3n) is 3.45. The molecule has 1 aromatic rings. The summed E-state index contributed by atoms with van der Waals surface area (Å²) >= 11 is 0. The van der Waals surface area contributed by atoms with E-state index in [-0.39, 0.29) is 18.4 Å². The maximum atomic E-state index is 12.4. The number of alkyl halides is 3. The van der Waals surface area contributed by atoms with Crippen molar-refractivity contribution in [3.63, 3.8) is 0 Å². The zero-order chi connectivity index (χ0) is 16.0. The van der Waals surface area contributed by atoms with Crippen LogP contribution in [0, 0.1) is 5.92 Å². The van der Waals surface area contributed by atoms with Crippen LogP contribution in [-0.4, -0.2) is 17.6 Å². The van der Waals surface area contributed by atoms with Crippen LogP contribution < -0.4 is 5.32 Å². The second-order valence-corrected chi connectivity index (χ2v) is 4.89. The fourth-order valence-electron chi connectivity index (χ4n) is 2.01. The summed E-state index contributed by atoms with van der Waals surface area (Å²) in [6, 6.07) is 4.27. The van der Waals surface area contributed by atoms with Gasteiger partial charge in [0.1, 0.15) is 0 Å². The molecule has 21 heavy (non-hydrogen) atoms. The molecule has 1 aromatic carbocycles. The molecule has 6 heteroatoms. The lowest BCUT2D eigenvalue weighted by Crippen LogP contribution is -2.33. The molecule has 0 aliphatic rings. The van der Waals surface area contributed by atoms with Crippen molar-refractivity contribution in [3.8, 4) is 0 Å². The third kappa shape index (κ3) is 5.04. The van der Waals surface area contributed by atoms with E-state index >= 15 is 0 Å². The Hall–Kier alpha value is -1.56. The maximum Gasteiger partial charge on any atom is 0.416 e. The largest absolute Gasteiger partial charge is 0.416 e. The Balaban J connectivity index is 2.60. The summed E-state index contributed by atoms with van der Waals surface area (Å²) in [5.41, 5.74) is -0.424. The average Bonchev–Trinajstić information content (AvgIpc) is 2.45. The summed E-state index contributed by atoms with van der Waals surface area (Å²) < 4.78 is 37.3. The van der Waals surface area contributed by atoms with Gasteiger partial charge in [0.25, 0.3) is 0 Å². The van der Waals surface area contributed by atoms with E-state index < -0.39 is 17.8 Å². The Kier molecular flexibility index (Phi) is 6.20. The maximum absolute atomic E-state index is 12.4. The first-order valence-electron chi connectivity index (χ1n) is 6.92. The zero-order valence-corrected chi connectivity index (χ0v) is 12.1. The fourth-order valence-corrected chi connectivity index (χ4v) is 2.01. The molecule has 0 aliphatic heterocycles. The summed E-state index contributed by atoms with van der Waals surface area (Å²) in [5, 5.41) is 12.5. The van der Waals surface area contributed by atoms with Gasteiger partial charge in [0.15, 0.2) is 0 Å². The number of carbonyl (C=O) groups excluding carboxylic acids is 1. The zero-order valence-electron chi connectivity index (χ0n) is 12.1. The second kappa shape index (κ2) is 7.45. The lowest BCUT2D eigenvalue weighted by molar-refractivity contribution is -0.137. The summed E-state index contributed by atoms with van der Waals surface area (Å²) in [7, 11) is 0. The lowest BCUT2D eigenvalue weighted by atomic mass is 10.0. The van der Waals surface area contributed by atoms with E-state index in [1.165, 1.54) is 12.1 Å². The van der Waals surface area contributed by atoms with Gasteiger partial charge in [-0.25, -0.2) is 0 Å². The van der Waals surface area contributed by atoms with E-state index in [9.17, 15) is 23.1 Å². The predicted molar refractivity (Wildman–Crippen MR) is 73.5 cm³/mol. The molecule has 0 radical (unpaired) electrons. The fraction of sp³-hybridized carbons (Fsp3) is 0.533. The normalized spacial score (nSPS) is 13.3. The molecule has 0 aliphatic carbocycles. The molecule has 0 aromatic heterocycles. The first-order chi connectivity index (χ1) is 9.79. The predicted octanol–water partition coefficient (Wildman–Crippen LogP) is 3.29. The summed E-state index contributed by atoms with van der Waals surface area (Å²) in [6.45, 7) is 3.79. The molecular formula is C15H20F3NO2. The van der Waals surface area contributed by atoms with E-state index in [1.54, 1.807) is 0 Å². The van der Waals surface area contributed by atoms with Crippen LogP contribution in [0.5, 0.6) is 0 Å². The SMILES string of the molecule is CCC(CC)C(=O)NCC(O)c1ccc(C(F)(F)F)cc1. The summed E-state index contributed by atoms with van der Waals surface area (Å²) in [5.74, 6) is -0.254. The first-order valence-corrected chi connectivity index (χ1v) is 6.92. The summed E-state index contributed by atoms with van der Waals surface area (Å²) in [6.07, 6.45) is -4.00. The molecule has 0 bridgehead atoms. The standard InChI is InChI=1S/C15H20F3NO2/c1-3-10(4-2)14(21)19-9-13(20)11-5-7-12(8-6-11)15(16,17)18/h5-8,10,13,20H,3-4,9H2,1-2H3,(H,19,21). The van der Waals surface area contributed by atoms with Gasteiger partial charge in [0.05, 0.1) is 11.7 Å².